The lowest BCUT2D eigenvalue weighted by molar-refractivity contribution is -0.124. The van der Waals surface area contributed by atoms with Gasteiger partial charge < -0.3 is 5.32 Å². The van der Waals surface area contributed by atoms with Gasteiger partial charge in [-0.15, -0.1) is 11.3 Å². The number of rotatable bonds is 3. The third-order valence-corrected chi connectivity index (χ3v) is 6.74. The number of amides is 1. The largest absolute Gasteiger partial charge is 0.316 e. The molecule has 0 spiro atoms. The van der Waals surface area contributed by atoms with E-state index >= 15 is 0 Å². The number of anilines is 1. The summed E-state index contributed by atoms with van der Waals surface area (Å²) < 4.78 is 13.6. The molecule has 2 aliphatic carbocycles. The van der Waals surface area contributed by atoms with E-state index in [1.807, 2.05) is 6.07 Å². The Kier molecular flexibility index (Phi) is 4.09. The van der Waals surface area contributed by atoms with Crippen molar-refractivity contribution >= 4 is 22.2 Å². The Morgan fingerprint density at radius 2 is 2.04 bits per heavy atom. The first kappa shape index (κ1) is 16.3. The Morgan fingerprint density at radius 3 is 2.72 bits per heavy atom. The average Bonchev–Trinajstić information content (AvgIpc) is 2.90. The smallest absolute Gasteiger partial charge is 0.235 e. The number of benzene rings is 1. The van der Waals surface area contributed by atoms with Crippen molar-refractivity contribution in [2.45, 2.75) is 50.4 Å². The number of hydrogen-bond acceptors (Lipinski definition) is 3. The average molecular weight is 354 g/mol. The number of halogens is 1. The standard InChI is InChI=1S/C20H19FN2OS/c21-14-6-3-5-13(11-14)20(9-4-10-20)19(24)23-18-16(12-22)15-7-1-2-8-17(15)25-18/h3,5-6,11H,1-2,4,7-10H2,(H,23,24). The van der Waals surface area contributed by atoms with Crippen molar-refractivity contribution < 1.29 is 9.18 Å². The molecule has 0 unspecified atom stereocenters. The topological polar surface area (TPSA) is 52.9 Å². The Balaban J connectivity index is 1.66. The molecule has 0 aliphatic heterocycles. The van der Waals surface area contributed by atoms with E-state index in [2.05, 4.69) is 11.4 Å². The zero-order chi connectivity index (χ0) is 17.4. The van der Waals surface area contributed by atoms with Crippen LogP contribution in [0.5, 0.6) is 0 Å². The summed E-state index contributed by atoms with van der Waals surface area (Å²) in [5.74, 6) is -0.430. The summed E-state index contributed by atoms with van der Waals surface area (Å²) in [7, 11) is 0. The van der Waals surface area contributed by atoms with Crippen molar-refractivity contribution in [3.05, 3.63) is 51.7 Å². The highest BCUT2D eigenvalue weighted by Gasteiger charge is 2.46. The number of fused-ring (bicyclic) bond motifs is 1. The van der Waals surface area contributed by atoms with Gasteiger partial charge in [-0.05, 0) is 61.8 Å². The van der Waals surface area contributed by atoms with Crippen LogP contribution in [0.2, 0.25) is 0 Å². The molecule has 0 atom stereocenters. The highest BCUT2D eigenvalue weighted by Crippen LogP contribution is 2.46. The molecule has 0 radical (unpaired) electrons. The summed E-state index contributed by atoms with van der Waals surface area (Å²) in [6.07, 6.45) is 6.53. The predicted molar refractivity (Wildman–Crippen MR) is 96.2 cm³/mol. The van der Waals surface area contributed by atoms with Gasteiger partial charge in [0, 0.05) is 4.88 Å². The molecule has 4 rings (SSSR count). The van der Waals surface area contributed by atoms with Crippen molar-refractivity contribution in [1.82, 2.24) is 0 Å². The molecule has 1 aromatic carbocycles. The van der Waals surface area contributed by atoms with Gasteiger partial charge in [0.15, 0.2) is 0 Å². The number of carbonyl (C=O) groups is 1. The molecular formula is C20H19FN2OS. The van der Waals surface area contributed by atoms with Gasteiger partial charge in [0.05, 0.1) is 11.0 Å². The van der Waals surface area contributed by atoms with Crippen molar-refractivity contribution in [3.63, 3.8) is 0 Å². The molecule has 1 amide bonds. The fraction of sp³-hybridized carbons (Fsp3) is 0.400. The molecule has 25 heavy (non-hydrogen) atoms. The molecule has 1 fully saturated rings. The van der Waals surface area contributed by atoms with E-state index in [0.29, 0.717) is 10.6 Å². The van der Waals surface area contributed by atoms with Gasteiger partial charge in [-0.3, -0.25) is 4.79 Å². The molecular weight excluding hydrogens is 335 g/mol. The number of aryl methyl sites for hydroxylation is 1. The Hall–Kier alpha value is -2.19. The summed E-state index contributed by atoms with van der Waals surface area (Å²) in [4.78, 5) is 14.3. The van der Waals surface area contributed by atoms with Gasteiger partial charge in [0.2, 0.25) is 5.91 Å². The zero-order valence-corrected chi connectivity index (χ0v) is 14.7. The van der Waals surface area contributed by atoms with Crippen molar-refractivity contribution in [3.8, 4) is 6.07 Å². The summed E-state index contributed by atoms with van der Waals surface area (Å²) in [6, 6.07) is 8.62. The molecule has 5 heteroatoms. The van der Waals surface area contributed by atoms with E-state index in [0.717, 1.165) is 56.1 Å². The molecule has 1 N–H and O–H groups in total. The van der Waals surface area contributed by atoms with Gasteiger partial charge in [0.1, 0.15) is 16.9 Å². The highest BCUT2D eigenvalue weighted by molar-refractivity contribution is 7.16. The fourth-order valence-electron chi connectivity index (χ4n) is 3.96. The van der Waals surface area contributed by atoms with Crippen LogP contribution in [0.25, 0.3) is 0 Å². The molecule has 1 heterocycles. The van der Waals surface area contributed by atoms with Crippen LogP contribution in [-0.2, 0) is 23.1 Å². The van der Waals surface area contributed by atoms with E-state index in [9.17, 15) is 14.4 Å². The molecule has 2 aromatic rings. The maximum Gasteiger partial charge on any atom is 0.235 e. The van der Waals surface area contributed by atoms with Crippen LogP contribution in [0, 0.1) is 17.1 Å². The summed E-state index contributed by atoms with van der Waals surface area (Å²) in [5, 5.41) is 13.2. The zero-order valence-electron chi connectivity index (χ0n) is 13.9. The number of nitrogens with zero attached hydrogens (tertiary/aromatic N) is 1. The lowest BCUT2D eigenvalue weighted by Crippen LogP contribution is -2.46. The quantitative estimate of drug-likeness (QED) is 0.869. The van der Waals surface area contributed by atoms with Crippen molar-refractivity contribution in [2.75, 3.05) is 5.32 Å². The number of thiophene rings is 1. The van der Waals surface area contributed by atoms with Gasteiger partial charge >= 0.3 is 0 Å². The molecule has 1 saturated carbocycles. The molecule has 2 aliphatic rings. The maximum atomic E-state index is 13.6. The molecule has 128 valence electrons. The van der Waals surface area contributed by atoms with Crippen molar-refractivity contribution in [1.29, 1.82) is 5.26 Å². The fourth-order valence-corrected chi connectivity index (χ4v) is 5.19. The van der Waals surface area contributed by atoms with Crippen LogP contribution in [0.1, 0.15) is 53.7 Å². The molecule has 3 nitrogen and oxygen atoms in total. The lowest BCUT2D eigenvalue weighted by atomic mass is 9.64. The first-order valence-corrected chi connectivity index (χ1v) is 9.58. The normalized spacial score (nSPS) is 17.9. The number of nitrogens with one attached hydrogen (secondary N) is 1. The second-order valence-corrected chi connectivity index (χ2v) is 8.03. The van der Waals surface area contributed by atoms with E-state index in [4.69, 9.17) is 0 Å². The summed E-state index contributed by atoms with van der Waals surface area (Å²) in [6.45, 7) is 0. The van der Waals surface area contributed by atoms with Gasteiger partial charge in [-0.1, -0.05) is 18.6 Å². The second kappa shape index (κ2) is 6.27. The molecule has 0 bridgehead atoms. The highest BCUT2D eigenvalue weighted by atomic mass is 32.1. The van der Waals surface area contributed by atoms with Gasteiger partial charge in [-0.25, -0.2) is 4.39 Å². The minimum absolute atomic E-state index is 0.112. The van der Waals surface area contributed by atoms with Crippen LogP contribution < -0.4 is 5.32 Å². The molecule has 1 aromatic heterocycles. The Labute approximate surface area is 150 Å². The van der Waals surface area contributed by atoms with Crippen LogP contribution in [0.15, 0.2) is 24.3 Å². The molecule has 0 saturated heterocycles. The van der Waals surface area contributed by atoms with E-state index in [1.54, 1.807) is 6.07 Å². The SMILES string of the molecule is N#Cc1c(NC(=O)C2(c3cccc(F)c3)CCC2)sc2c1CCCC2. The number of nitriles is 1. The lowest BCUT2D eigenvalue weighted by Gasteiger charge is -2.40. The van der Waals surface area contributed by atoms with Gasteiger partial charge in [-0.2, -0.15) is 5.26 Å². The monoisotopic (exact) mass is 354 g/mol. The summed E-state index contributed by atoms with van der Waals surface area (Å²) in [5.41, 5.74) is 1.81. The van der Waals surface area contributed by atoms with Crippen molar-refractivity contribution in [2.24, 2.45) is 0 Å². The van der Waals surface area contributed by atoms with Crippen LogP contribution in [0.4, 0.5) is 9.39 Å². The van der Waals surface area contributed by atoms with Gasteiger partial charge in [0.25, 0.3) is 0 Å². The third kappa shape index (κ3) is 2.65. The first-order chi connectivity index (χ1) is 12.1. The van der Waals surface area contributed by atoms with Crippen LogP contribution in [0.3, 0.4) is 0 Å². The van der Waals surface area contributed by atoms with Crippen LogP contribution >= 0.6 is 11.3 Å². The Bertz CT molecular complexity index is 876. The van der Waals surface area contributed by atoms with E-state index < -0.39 is 5.41 Å². The summed E-state index contributed by atoms with van der Waals surface area (Å²) >= 11 is 1.54. The Morgan fingerprint density at radius 1 is 1.24 bits per heavy atom. The first-order valence-electron chi connectivity index (χ1n) is 8.76. The van der Waals surface area contributed by atoms with E-state index in [-0.39, 0.29) is 11.7 Å². The second-order valence-electron chi connectivity index (χ2n) is 6.93. The third-order valence-electron chi connectivity index (χ3n) is 5.53. The minimum atomic E-state index is -0.667. The van der Waals surface area contributed by atoms with Crippen LogP contribution in [-0.4, -0.2) is 5.91 Å². The van der Waals surface area contributed by atoms with E-state index in [1.165, 1.54) is 28.3 Å². The minimum Gasteiger partial charge on any atom is -0.316 e. The predicted octanol–water partition coefficient (Wildman–Crippen LogP) is 4.70. The maximum absolute atomic E-state index is 13.6. The number of carbonyl (C=O) groups excluding carboxylic acids is 1. The number of hydrogen-bond donors (Lipinski definition) is 1.